The summed E-state index contributed by atoms with van der Waals surface area (Å²) in [4.78, 5) is 24.1. The molecule has 1 fully saturated rings. The van der Waals surface area contributed by atoms with Gasteiger partial charge in [-0.25, -0.2) is 22.5 Å². The Hall–Kier alpha value is -1.46. The van der Waals surface area contributed by atoms with Gasteiger partial charge in [-0.05, 0) is 24.7 Å². The van der Waals surface area contributed by atoms with Crippen LogP contribution in [0.5, 0.6) is 0 Å². The van der Waals surface area contributed by atoms with Gasteiger partial charge in [0.15, 0.2) is 11.4 Å². The Kier molecular flexibility index (Phi) is 7.12. The van der Waals surface area contributed by atoms with E-state index in [1.54, 1.807) is 0 Å². The molecule has 0 aromatic heterocycles. The number of rotatable bonds is 8. The van der Waals surface area contributed by atoms with Gasteiger partial charge in [-0.2, -0.15) is 0 Å². The van der Waals surface area contributed by atoms with Crippen molar-refractivity contribution in [2.75, 3.05) is 6.54 Å². The van der Waals surface area contributed by atoms with Crippen molar-refractivity contribution in [1.82, 2.24) is 4.90 Å². The molecule has 1 aliphatic rings. The minimum Gasteiger partial charge on any atom is -0.481 e. The van der Waals surface area contributed by atoms with Gasteiger partial charge in [0.2, 0.25) is 0 Å². The summed E-state index contributed by atoms with van der Waals surface area (Å²) in [6, 6.07) is 0. The summed E-state index contributed by atoms with van der Waals surface area (Å²) in [7, 11) is 0. The molecule has 11 heteroatoms. The monoisotopic (exact) mass is 417 g/mol. The maximum absolute atomic E-state index is 14.2. The van der Waals surface area contributed by atoms with Crippen LogP contribution in [0, 0.1) is 23.2 Å². The maximum Gasteiger partial charge on any atom is 0.314 e. The molecule has 164 valence electrons. The van der Waals surface area contributed by atoms with E-state index in [2.05, 4.69) is 0 Å². The third-order valence-electron chi connectivity index (χ3n) is 5.87. The van der Waals surface area contributed by atoms with Gasteiger partial charge in [0.1, 0.15) is 11.3 Å². The molecule has 28 heavy (non-hydrogen) atoms. The minimum absolute atomic E-state index is 0.150. The zero-order valence-electron chi connectivity index (χ0n) is 16.1. The van der Waals surface area contributed by atoms with Crippen molar-refractivity contribution in [3.05, 3.63) is 0 Å². The Morgan fingerprint density at radius 1 is 1.04 bits per heavy atom. The number of piperidine rings is 1. The van der Waals surface area contributed by atoms with Gasteiger partial charge >= 0.3 is 11.9 Å². The van der Waals surface area contributed by atoms with E-state index in [0.29, 0.717) is 0 Å². The maximum atomic E-state index is 14.2. The van der Waals surface area contributed by atoms with Crippen LogP contribution in [-0.4, -0.2) is 68.1 Å². The number of aliphatic carboxylic acids is 2. The summed E-state index contributed by atoms with van der Waals surface area (Å²) in [5, 5.41) is 41.2. The fourth-order valence-corrected chi connectivity index (χ4v) is 4.78. The predicted molar refractivity (Wildman–Crippen MR) is 88.7 cm³/mol. The summed E-state index contributed by atoms with van der Waals surface area (Å²) in [5.41, 5.74) is -10.2. The molecule has 0 aromatic rings. The van der Waals surface area contributed by atoms with Gasteiger partial charge in [-0.3, -0.25) is 9.59 Å². The first-order chi connectivity index (χ1) is 12.7. The minimum atomic E-state index is -3.88. The van der Waals surface area contributed by atoms with Gasteiger partial charge < -0.3 is 20.4 Å². The fraction of sp³-hybridized carbons (Fsp3) is 0.882. The zero-order valence-corrected chi connectivity index (χ0v) is 16.1. The lowest BCUT2D eigenvalue weighted by Gasteiger charge is -2.63. The van der Waals surface area contributed by atoms with Gasteiger partial charge in [-0.15, -0.1) is 0 Å². The molecule has 0 amide bonds. The average Bonchev–Trinajstić information content (AvgIpc) is 2.54. The summed E-state index contributed by atoms with van der Waals surface area (Å²) in [6.07, 6.45) is -8.80. The van der Waals surface area contributed by atoms with Crippen LogP contribution in [0.2, 0.25) is 0 Å². The van der Waals surface area contributed by atoms with Crippen molar-refractivity contribution in [1.29, 1.82) is 0 Å². The summed E-state index contributed by atoms with van der Waals surface area (Å²) in [6.45, 7) is 4.42. The molecular weight excluding hydrogens is 390 g/mol. The first-order valence-corrected chi connectivity index (χ1v) is 8.95. The largest absolute Gasteiger partial charge is 0.481 e. The third kappa shape index (κ3) is 3.07. The van der Waals surface area contributed by atoms with E-state index >= 15 is 0 Å². The van der Waals surface area contributed by atoms with Crippen molar-refractivity contribution in [3.8, 4) is 0 Å². The Morgan fingerprint density at radius 3 is 1.79 bits per heavy atom. The number of aliphatic hydroxyl groups is 2. The van der Waals surface area contributed by atoms with Crippen molar-refractivity contribution in [2.24, 2.45) is 23.2 Å². The van der Waals surface area contributed by atoms with Gasteiger partial charge in [0, 0.05) is 6.54 Å². The zero-order chi connectivity index (χ0) is 22.2. The number of nitrogens with zero attached hydrogens (tertiary/aromatic N) is 1. The van der Waals surface area contributed by atoms with Crippen molar-refractivity contribution < 1.29 is 47.6 Å². The van der Waals surface area contributed by atoms with Crippen LogP contribution in [0.3, 0.4) is 0 Å². The number of carbonyl (C=O) groups is 2. The smallest absolute Gasteiger partial charge is 0.314 e. The number of alkyl halides is 4. The summed E-state index contributed by atoms with van der Waals surface area (Å²) in [5.74, 6) is -8.71. The Bertz CT molecular complexity index is 606. The highest BCUT2D eigenvalue weighted by atomic mass is 19.3. The second kappa shape index (κ2) is 8.11. The number of likely N-dealkylation sites (tertiary alicyclic amines) is 1. The van der Waals surface area contributed by atoms with Gasteiger partial charge in [0.05, 0.1) is 0 Å². The second-order valence-electron chi connectivity index (χ2n) is 7.54. The Labute approximate surface area is 159 Å². The highest BCUT2D eigenvalue weighted by Crippen LogP contribution is 2.60. The highest BCUT2D eigenvalue weighted by Gasteiger charge is 2.79. The van der Waals surface area contributed by atoms with Crippen molar-refractivity contribution in [3.63, 3.8) is 0 Å². The number of hydrogen-bond acceptors (Lipinski definition) is 5. The third-order valence-corrected chi connectivity index (χ3v) is 5.87. The standard InChI is InChI=1S/C17H27F4NO6/c1-5-15(14(25)26)9(7-8(3)4)10(11(23)24)16(27,12(18)19)22(6-2)17(15,28)13(20)21/h8-10,12-13,27-28H,5-7H2,1-4H3,(H,23,24)(H,25,26)/t9-,10+,15?,16?,17?/m0/s1. The number of carboxylic acid groups (broad SMARTS) is 2. The Balaban J connectivity index is 4.11. The quantitative estimate of drug-likeness (QED) is 0.447. The summed E-state index contributed by atoms with van der Waals surface area (Å²) >= 11 is 0. The van der Waals surface area contributed by atoms with E-state index in [4.69, 9.17) is 0 Å². The van der Waals surface area contributed by atoms with E-state index in [9.17, 15) is 47.6 Å². The highest BCUT2D eigenvalue weighted by molar-refractivity contribution is 5.81. The molecule has 7 nitrogen and oxygen atoms in total. The molecule has 0 radical (unpaired) electrons. The second-order valence-corrected chi connectivity index (χ2v) is 7.54. The van der Waals surface area contributed by atoms with Crippen LogP contribution in [0.15, 0.2) is 0 Å². The molecule has 3 unspecified atom stereocenters. The van der Waals surface area contributed by atoms with Crippen LogP contribution in [0.1, 0.15) is 40.5 Å². The molecule has 0 aliphatic carbocycles. The van der Waals surface area contributed by atoms with E-state index in [0.717, 1.165) is 13.8 Å². The number of hydrogen-bond donors (Lipinski definition) is 4. The molecule has 1 saturated heterocycles. The molecule has 1 heterocycles. The fourth-order valence-electron chi connectivity index (χ4n) is 4.78. The molecule has 0 aromatic carbocycles. The van der Waals surface area contributed by atoms with Gasteiger partial charge in [0.25, 0.3) is 12.9 Å². The topological polar surface area (TPSA) is 118 Å². The lowest BCUT2D eigenvalue weighted by molar-refractivity contribution is -0.391. The predicted octanol–water partition coefficient (Wildman–Crippen LogP) is 2.07. The van der Waals surface area contributed by atoms with Crippen LogP contribution in [0.25, 0.3) is 0 Å². The molecule has 0 spiro atoms. The molecular formula is C17H27F4NO6. The van der Waals surface area contributed by atoms with E-state index in [1.807, 2.05) is 0 Å². The van der Waals surface area contributed by atoms with Gasteiger partial charge in [-0.1, -0.05) is 27.7 Å². The SMILES string of the molecule is CCN1C(O)(C(F)F)[C@@H](C(=O)O)[C@H](CC(C)C)C(CC)(C(=O)O)C1(O)C(F)F. The molecule has 1 rings (SSSR count). The van der Waals surface area contributed by atoms with Crippen LogP contribution in [-0.2, 0) is 9.59 Å². The van der Waals surface area contributed by atoms with E-state index in [1.165, 1.54) is 13.8 Å². The van der Waals surface area contributed by atoms with Crippen LogP contribution < -0.4 is 0 Å². The van der Waals surface area contributed by atoms with E-state index in [-0.39, 0.29) is 4.90 Å². The lowest BCUT2D eigenvalue weighted by Crippen LogP contribution is -2.83. The molecule has 5 atom stereocenters. The molecule has 4 N–H and O–H groups in total. The van der Waals surface area contributed by atoms with E-state index < -0.39 is 78.8 Å². The van der Waals surface area contributed by atoms with Crippen LogP contribution in [0.4, 0.5) is 17.6 Å². The van der Waals surface area contributed by atoms with Crippen LogP contribution >= 0.6 is 0 Å². The molecule has 0 bridgehead atoms. The first-order valence-electron chi connectivity index (χ1n) is 8.95. The molecule has 1 aliphatic heterocycles. The first kappa shape index (κ1) is 24.6. The van der Waals surface area contributed by atoms with Crippen molar-refractivity contribution in [2.45, 2.75) is 64.8 Å². The van der Waals surface area contributed by atoms with Crippen molar-refractivity contribution >= 4 is 11.9 Å². The number of carboxylic acids is 2. The Morgan fingerprint density at radius 2 is 1.54 bits per heavy atom. The normalized spacial score (nSPS) is 37.0. The molecule has 0 saturated carbocycles. The lowest BCUT2D eigenvalue weighted by atomic mass is 9.53. The number of halogens is 4. The average molecular weight is 417 g/mol. The summed E-state index contributed by atoms with van der Waals surface area (Å²) < 4.78 is 56.3.